The predicted molar refractivity (Wildman–Crippen MR) is 74.4 cm³/mol. The second kappa shape index (κ2) is 6.27. The van der Waals surface area contributed by atoms with Crippen molar-refractivity contribution in [2.24, 2.45) is 0 Å². The van der Waals surface area contributed by atoms with Gasteiger partial charge < -0.3 is 16.0 Å². The van der Waals surface area contributed by atoms with Crippen LogP contribution in [0.15, 0.2) is 18.2 Å². The van der Waals surface area contributed by atoms with Gasteiger partial charge in [-0.15, -0.1) is 0 Å². The van der Waals surface area contributed by atoms with Gasteiger partial charge in [-0.1, -0.05) is 0 Å². The van der Waals surface area contributed by atoms with Gasteiger partial charge in [0.25, 0.3) is 0 Å². The Morgan fingerprint density at radius 1 is 1.33 bits per heavy atom. The van der Waals surface area contributed by atoms with Gasteiger partial charge in [-0.25, -0.2) is 0 Å². The summed E-state index contributed by atoms with van der Waals surface area (Å²) in [6, 6.07) is 7.61. The SMILES string of the molecule is N#Cc1cc(NCCCN2CCCC2)ccc1N. The molecule has 1 aliphatic rings. The molecule has 1 aromatic rings. The van der Waals surface area contributed by atoms with Crippen molar-refractivity contribution < 1.29 is 0 Å². The number of anilines is 2. The first-order chi connectivity index (χ1) is 8.79. The van der Waals surface area contributed by atoms with Crippen molar-refractivity contribution in [1.29, 1.82) is 5.26 Å². The minimum absolute atomic E-state index is 0.541. The Kier molecular flexibility index (Phi) is 4.43. The molecule has 0 saturated carbocycles. The van der Waals surface area contributed by atoms with Gasteiger partial charge >= 0.3 is 0 Å². The lowest BCUT2D eigenvalue weighted by molar-refractivity contribution is 0.337. The third-order valence-electron chi connectivity index (χ3n) is 3.35. The Labute approximate surface area is 108 Å². The van der Waals surface area contributed by atoms with E-state index < -0.39 is 0 Å². The molecule has 3 N–H and O–H groups in total. The lowest BCUT2D eigenvalue weighted by atomic mass is 10.2. The summed E-state index contributed by atoms with van der Waals surface area (Å²) in [4.78, 5) is 2.51. The summed E-state index contributed by atoms with van der Waals surface area (Å²) < 4.78 is 0. The van der Waals surface area contributed by atoms with Crippen LogP contribution >= 0.6 is 0 Å². The summed E-state index contributed by atoms with van der Waals surface area (Å²) in [5.74, 6) is 0. The fourth-order valence-corrected chi connectivity index (χ4v) is 2.30. The van der Waals surface area contributed by atoms with Gasteiger partial charge in [0.15, 0.2) is 0 Å². The van der Waals surface area contributed by atoms with Gasteiger partial charge in [-0.2, -0.15) is 5.26 Å². The van der Waals surface area contributed by atoms with E-state index in [1.807, 2.05) is 12.1 Å². The molecular formula is C14H20N4. The van der Waals surface area contributed by atoms with Gasteiger partial charge in [0.05, 0.1) is 5.56 Å². The number of nitrogens with one attached hydrogen (secondary N) is 1. The average Bonchev–Trinajstić information content (AvgIpc) is 2.89. The zero-order valence-electron chi connectivity index (χ0n) is 10.7. The molecule has 96 valence electrons. The first-order valence-electron chi connectivity index (χ1n) is 6.55. The fraction of sp³-hybridized carbons (Fsp3) is 0.500. The normalized spacial score (nSPS) is 15.5. The van der Waals surface area contributed by atoms with E-state index in [4.69, 9.17) is 11.0 Å². The van der Waals surface area contributed by atoms with Crippen LogP contribution in [-0.2, 0) is 0 Å². The molecule has 4 heteroatoms. The molecule has 1 fully saturated rings. The van der Waals surface area contributed by atoms with Crippen molar-refractivity contribution in [2.75, 3.05) is 37.2 Å². The Balaban J connectivity index is 1.74. The molecular weight excluding hydrogens is 224 g/mol. The molecule has 0 aromatic heterocycles. The van der Waals surface area contributed by atoms with Crippen molar-refractivity contribution in [3.63, 3.8) is 0 Å². The molecule has 4 nitrogen and oxygen atoms in total. The summed E-state index contributed by atoms with van der Waals surface area (Å²) in [6.07, 6.45) is 3.82. The summed E-state index contributed by atoms with van der Waals surface area (Å²) in [5.41, 5.74) is 7.74. The van der Waals surface area contributed by atoms with Crippen LogP contribution in [0.5, 0.6) is 0 Å². The molecule has 1 aliphatic heterocycles. The topological polar surface area (TPSA) is 65.1 Å². The molecule has 1 heterocycles. The van der Waals surface area contributed by atoms with Crippen LogP contribution in [-0.4, -0.2) is 31.1 Å². The number of likely N-dealkylation sites (tertiary alicyclic amines) is 1. The maximum absolute atomic E-state index is 8.89. The van der Waals surface area contributed by atoms with Crippen molar-refractivity contribution in [2.45, 2.75) is 19.3 Å². The zero-order chi connectivity index (χ0) is 12.8. The largest absolute Gasteiger partial charge is 0.398 e. The first-order valence-corrected chi connectivity index (χ1v) is 6.55. The number of nitrogen functional groups attached to an aromatic ring is 1. The summed E-state index contributed by atoms with van der Waals surface area (Å²) in [6.45, 7) is 4.60. The minimum Gasteiger partial charge on any atom is -0.398 e. The highest BCUT2D eigenvalue weighted by Gasteiger charge is 2.10. The highest BCUT2D eigenvalue weighted by molar-refractivity contribution is 5.61. The van der Waals surface area contributed by atoms with Crippen LogP contribution in [0.1, 0.15) is 24.8 Å². The number of hydrogen-bond donors (Lipinski definition) is 2. The number of rotatable bonds is 5. The number of hydrogen-bond acceptors (Lipinski definition) is 4. The van der Waals surface area contributed by atoms with Crippen LogP contribution in [0, 0.1) is 11.3 Å². The highest BCUT2D eigenvalue weighted by Crippen LogP contribution is 2.16. The average molecular weight is 244 g/mol. The molecule has 0 radical (unpaired) electrons. The van der Waals surface area contributed by atoms with E-state index >= 15 is 0 Å². The van der Waals surface area contributed by atoms with Gasteiger partial charge in [-0.3, -0.25) is 0 Å². The van der Waals surface area contributed by atoms with Crippen LogP contribution in [0.25, 0.3) is 0 Å². The molecule has 2 rings (SSSR count). The van der Waals surface area contributed by atoms with Gasteiger partial charge in [0, 0.05) is 17.9 Å². The molecule has 0 atom stereocenters. The molecule has 0 spiro atoms. The quantitative estimate of drug-likeness (QED) is 0.614. The monoisotopic (exact) mass is 244 g/mol. The van der Waals surface area contributed by atoms with E-state index in [1.165, 1.54) is 25.9 Å². The van der Waals surface area contributed by atoms with Crippen molar-refractivity contribution in [1.82, 2.24) is 4.90 Å². The summed E-state index contributed by atoms with van der Waals surface area (Å²) in [7, 11) is 0. The zero-order valence-corrected chi connectivity index (χ0v) is 10.7. The Morgan fingerprint density at radius 2 is 2.11 bits per heavy atom. The Bertz CT molecular complexity index is 430. The number of nitrogens with two attached hydrogens (primary N) is 1. The Morgan fingerprint density at radius 3 is 2.83 bits per heavy atom. The van der Waals surface area contributed by atoms with E-state index in [0.29, 0.717) is 11.3 Å². The van der Waals surface area contributed by atoms with Crippen LogP contribution in [0.3, 0.4) is 0 Å². The smallest absolute Gasteiger partial charge is 0.101 e. The van der Waals surface area contributed by atoms with Crippen LogP contribution in [0.4, 0.5) is 11.4 Å². The molecule has 0 aliphatic carbocycles. The second-order valence-electron chi connectivity index (χ2n) is 4.74. The lowest BCUT2D eigenvalue weighted by Gasteiger charge is -2.14. The maximum atomic E-state index is 8.89. The van der Waals surface area contributed by atoms with E-state index in [1.54, 1.807) is 6.07 Å². The Hall–Kier alpha value is -1.73. The van der Waals surface area contributed by atoms with E-state index in [2.05, 4.69) is 16.3 Å². The third-order valence-corrected chi connectivity index (χ3v) is 3.35. The highest BCUT2D eigenvalue weighted by atomic mass is 15.1. The van der Waals surface area contributed by atoms with Crippen molar-refractivity contribution >= 4 is 11.4 Å². The van der Waals surface area contributed by atoms with Crippen molar-refractivity contribution in [3.05, 3.63) is 23.8 Å². The third kappa shape index (κ3) is 3.38. The standard InChI is InChI=1S/C14H20N4/c15-11-12-10-13(4-5-14(12)16)17-6-3-9-18-7-1-2-8-18/h4-5,10,17H,1-3,6-9,16H2. The molecule has 1 aromatic carbocycles. The van der Waals surface area contributed by atoms with Crippen LogP contribution in [0.2, 0.25) is 0 Å². The first kappa shape index (κ1) is 12.7. The summed E-state index contributed by atoms with van der Waals surface area (Å²) in [5, 5.41) is 12.2. The number of nitrogens with zero attached hydrogens (tertiary/aromatic N) is 2. The molecule has 0 bridgehead atoms. The molecule has 0 unspecified atom stereocenters. The predicted octanol–water partition coefficient (Wildman–Crippen LogP) is 2.04. The molecule has 1 saturated heterocycles. The van der Waals surface area contributed by atoms with Gasteiger partial charge in [0.1, 0.15) is 6.07 Å². The van der Waals surface area contributed by atoms with E-state index in [9.17, 15) is 0 Å². The second-order valence-corrected chi connectivity index (χ2v) is 4.74. The van der Waals surface area contributed by atoms with Gasteiger partial charge in [-0.05, 0) is 57.1 Å². The summed E-state index contributed by atoms with van der Waals surface area (Å²) >= 11 is 0. The van der Waals surface area contributed by atoms with E-state index in [-0.39, 0.29) is 0 Å². The maximum Gasteiger partial charge on any atom is 0.101 e. The van der Waals surface area contributed by atoms with Gasteiger partial charge in [0.2, 0.25) is 0 Å². The minimum atomic E-state index is 0.541. The lowest BCUT2D eigenvalue weighted by Crippen LogP contribution is -2.22. The molecule has 18 heavy (non-hydrogen) atoms. The number of benzene rings is 1. The van der Waals surface area contributed by atoms with Crippen molar-refractivity contribution in [3.8, 4) is 6.07 Å². The number of nitriles is 1. The van der Waals surface area contributed by atoms with Crippen LogP contribution < -0.4 is 11.1 Å². The molecule has 0 amide bonds. The van der Waals surface area contributed by atoms with E-state index in [0.717, 1.165) is 25.2 Å². The fourth-order valence-electron chi connectivity index (χ4n) is 2.30.